The Bertz CT molecular complexity index is 1920. The molecule has 0 unspecified atom stereocenters. The topological polar surface area (TPSA) is 60.7 Å². The van der Waals surface area contributed by atoms with E-state index in [-0.39, 0.29) is 36.4 Å². The number of phenols is 1. The molecule has 0 aliphatic rings. The molecule has 0 saturated heterocycles. The molecule has 48 heavy (non-hydrogen) atoms. The normalized spacial score (nSPS) is 10.4. The summed E-state index contributed by atoms with van der Waals surface area (Å²) in [7, 11) is 0. The lowest BCUT2D eigenvalue weighted by molar-refractivity contribution is 0.282. The second-order valence-electron chi connectivity index (χ2n) is 11.5. The van der Waals surface area contributed by atoms with Crippen molar-refractivity contribution >= 4 is 0 Å². The molecule has 0 spiro atoms. The average Bonchev–Trinajstić information content (AvgIpc) is 3.07. The van der Waals surface area contributed by atoms with E-state index in [1.807, 2.05) is 75.4 Å². The first-order valence-electron chi connectivity index (χ1n) is 15.6. The highest BCUT2D eigenvalue weighted by molar-refractivity contribution is 5.66. The summed E-state index contributed by atoms with van der Waals surface area (Å²) in [5.41, 5.74) is 8.84. The minimum Gasteiger partial charge on any atom is -0.508 e. The predicted octanol–water partition coefficient (Wildman–Crippen LogP) is 10.1. The highest BCUT2D eigenvalue weighted by Gasteiger charge is 2.07. The molecule has 246 valence electrons. The maximum Gasteiger partial charge on any atom is 0.131 e. The molecule has 0 bridgehead atoms. The molecule has 0 aliphatic carbocycles. The van der Waals surface area contributed by atoms with Gasteiger partial charge in [0.05, 0.1) is 6.61 Å². The molecule has 6 aromatic rings. The molecule has 0 aliphatic heterocycles. The minimum atomic E-state index is -0.235. The fraction of sp³-hybridized carbons (Fsp3) is 0.143. The van der Waals surface area contributed by atoms with Gasteiger partial charge in [-0.15, -0.1) is 0 Å². The van der Waals surface area contributed by atoms with Crippen molar-refractivity contribution < 1.29 is 28.5 Å². The molecule has 0 atom stereocenters. The van der Waals surface area contributed by atoms with Gasteiger partial charge < -0.3 is 15.3 Å². The number of rotatable bonds is 6. The van der Waals surface area contributed by atoms with Crippen LogP contribution in [0.4, 0.5) is 13.2 Å². The Kier molecular flexibility index (Phi) is 12.7. The first-order chi connectivity index (χ1) is 23.1. The Morgan fingerprint density at radius 3 is 1.08 bits per heavy atom. The molecular weight excluding hydrogens is 609 g/mol. The minimum absolute atomic E-state index is 0.0106. The van der Waals surface area contributed by atoms with Gasteiger partial charge >= 0.3 is 0 Å². The number of aliphatic hydroxyl groups is 2. The fourth-order valence-corrected chi connectivity index (χ4v) is 4.97. The first-order valence-corrected chi connectivity index (χ1v) is 15.6. The summed E-state index contributed by atoms with van der Waals surface area (Å²) in [5, 5.41) is 26.9. The van der Waals surface area contributed by atoms with Crippen LogP contribution in [-0.2, 0) is 13.0 Å². The van der Waals surface area contributed by atoms with E-state index in [1.165, 1.54) is 18.2 Å². The van der Waals surface area contributed by atoms with Crippen LogP contribution in [0.2, 0.25) is 0 Å². The maximum atomic E-state index is 13.7. The summed E-state index contributed by atoms with van der Waals surface area (Å²) in [6.07, 6.45) is 0.636. The molecule has 0 radical (unpaired) electrons. The number of aryl methyl sites for hydroxylation is 3. The van der Waals surface area contributed by atoms with Gasteiger partial charge in [-0.3, -0.25) is 0 Å². The van der Waals surface area contributed by atoms with Crippen LogP contribution in [-0.4, -0.2) is 21.9 Å². The standard InChI is InChI=1S/C15H15FO.C14H13FO.C13H11FO/c1-11-2-7-14(15(16)10-11)13-5-3-12(4-6-13)8-9-17;1-10-2-7-13(14(15)8-10)12-5-3-11(9-16)4-6-12;1-9-2-7-12(13(14)8-9)10-3-5-11(15)6-4-10/h2-7,10,17H,8-9H2,1H3;2-8,16H,9H2,1H3;2-8,15H,1H3. The van der Waals surface area contributed by atoms with E-state index in [4.69, 9.17) is 15.3 Å². The molecule has 3 nitrogen and oxygen atoms in total. The number of hydrogen-bond acceptors (Lipinski definition) is 3. The second kappa shape index (κ2) is 17.1. The van der Waals surface area contributed by atoms with Crippen LogP contribution in [0, 0.1) is 38.2 Å². The Hall–Kier alpha value is -5.17. The van der Waals surface area contributed by atoms with Gasteiger partial charge in [0.2, 0.25) is 0 Å². The number of aliphatic hydroxyl groups excluding tert-OH is 2. The van der Waals surface area contributed by atoms with Gasteiger partial charge in [-0.25, -0.2) is 13.2 Å². The summed E-state index contributed by atoms with van der Waals surface area (Å²) >= 11 is 0. The summed E-state index contributed by atoms with van der Waals surface area (Å²) in [6.45, 7) is 5.73. The number of phenolic OH excluding ortho intramolecular Hbond substituents is 1. The zero-order valence-electron chi connectivity index (χ0n) is 27.2. The van der Waals surface area contributed by atoms with Gasteiger partial charge in [-0.2, -0.15) is 0 Å². The Morgan fingerprint density at radius 1 is 0.438 bits per heavy atom. The van der Waals surface area contributed by atoms with E-state index in [1.54, 1.807) is 54.6 Å². The maximum absolute atomic E-state index is 13.7. The monoisotopic (exact) mass is 648 g/mol. The summed E-state index contributed by atoms with van der Waals surface area (Å²) in [6, 6.07) is 36.9. The van der Waals surface area contributed by atoms with E-state index in [0.29, 0.717) is 23.1 Å². The van der Waals surface area contributed by atoms with Gasteiger partial charge in [0, 0.05) is 23.3 Å². The molecule has 0 amide bonds. The van der Waals surface area contributed by atoms with Crippen LogP contribution >= 0.6 is 0 Å². The van der Waals surface area contributed by atoms with Gasteiger partial charge in [0.25, 0.3) is 0 Å². The Balaban J connectivity index is 0.000000163. The third-order valence-electron chi connectivity index (χ3n) is 7.67. The predicted molar refractivity (Wildman–Crippen MR) is 188 cm³/mol. The van der Waals surface area contributed by atoms with Crippen LogP contribution in [0.15, 0.2) is 127 Å². The molecule has 0 aromatic heterocycles. The van der Waals surface area contributed by atoms with Crippen molar-refractivity contribution in [3.05, 3.63) is 173 Å². The van der Waals surface area contributed by atoms with Crippen LogP contribution in [0.1, 0.15) is 27.8 Å². The molecule has 6 aromatic carbocycles. The van der Waals surface area contributed by atoms with Crippen LogP contribution in [0.3, 0.4) is 0 Å². The number of aromatic hydroxyl groups is 1. The Morgan fingerprint density at radius 2 is 0.771 bits per heavy atom. The van der Waals surface area contributed by atoms with Crippen molar-refractivity contribution in [1.29, 1.82) is 0 Å². The molecule has 6 heteroatoms. The fourth-order valence-electron chi connectivity index (χ4n) is 4.97. The highest BCUT2D eigenvalue weighted by Crippen LogP contribution is 2.26. The van der Waals surface area contributed by atoms with Crippen molar-refractivity contribution in [3.63, 3.8) is 0 Å². The highest BCUT2D eigenvalue weighted by atomic mass is 19.1. The van der Waals surface area contributed by atoms with Crippen LogP contribution in [0.25, 0.3) is 33.4 Å². The van der Waals surface area contributed by atoms with Crippen molar-refractivity contribution in [1.82, 2.24) is 0 Å². The average molecular weight is 649 g/mol. The van der Waals surface area contributed by atoms with E-state index in [0.717, 1.165) is 44.5 Å². The smallest absolute Gasteiger partial charge is 0.131 e. The van der Waals surface area contributed by atoms with Crippen LogP contribution in [0.5, 0.6) is 5.75 Å². The van der Waals surface area contributed by atoms with Crippen molar-refractivity contribution in [2.75, 3.05) is 6.61 Å². The molecule has 0 saturated carbocycles. The molecular formula is C42H39F3O3. The largest absolute Gasteiger partial charge is 0.508 e. The summed E-state index contributed by atoms with van der Waals surface area (Å²) in [4.78, 5) is 0. The molecule has 0 fully saturated rings. The lowest BCUT2D eigenvalue weighted by Gasteiger charge is -2.05. The van der Waals surface area contributed by atoms with E-state index < -0.39 is 0 Å². The number of halogens is 3. The zero-order valence-corrected chi connectivity index (χ0v) is 27.2. The van der Waals surface area contributed by atoms with Crippen molar-refractivity contribution in [2.24, 2.45) is 0 Å². The van der Waals surface area contributed by atoms with E-state index in [2.05, 4.69) is 0 Å². The summed E-state index contributed by atoms with van der Waals surface area (Å²) in [5.74, 6) is -0.455. The lowest BCUT2D eigenvalue weighted by Crippen LogP contribution is -1.91. The zero-order chi connectivity index (χ0) is 34.6. The summed E-state index contributed by atoms with van der Waals surface area (Å²) < 4.78 is 41.0. The third-order valence-corrected chi connectivity index (χ3v) is 7.67. The SMILES string of the molecule is Cc1ccc(-c2ccc(CCO)cc2)c(F)c1.Cc1ccc(-c2ccc(CO)cc2)c(F)c1.Cc1ccc(-c2ccc(O)cc2)c(F)c1. The van der Waals surface area contributed by atoms with E-state index >= 15 is 0 Å². The van der Waals surface area contributed by atoms with Gasteiger partial charge in [-0.1, -0.05) is 97.1 Å². The van der Waals surface area contributed by atoms with Gasteiger partial charge in [-0.05, 0) is 102 Å². The number of benzene rings is 6. The third kappa shape index (κ3) is 9.91. The Labute approximate surface area is 280 Å². The van der Waals surface area contributed by atoms with E-state index in [9.17, 15) is 13.2 Å². The van der Waals surface area contributed by atoms with Crippen LogP contribution < -0.4 is 0 Å². The molecule has 6 rings (SSSR count). The van der Waals surface area contributed by atoms with Gasteiger partial charge in [0.15, 0.2) is 0 Å². The van der Waals surface area contributed by atoms with Gasteiger partial charge in [0.1, 0.15) is 23.2 Å². The number of hydrogen-bond donors (Lipinski definition) is 3. The second-order valence-corrected chi connectivity index (χ2v) is 11.5. The molecule has 3 N–H and O–H groups in total. The quantitative estimate of drug-likeness (QED) is 0.168. The first kappa shape index (κ1) is 35.7. The molecule has 0 heterocycles. The lowest BCUT2D eigenvalue weighted by atomic mass is 10.0. The van der Waals surface area contributed by atoms with Crippen molar-refractivity contribution in [3.8, 4) is 39.1 Å². The van der Waals surface area contributed by atoms with Crippen molar-refractivity contribution in [2.45, 2.75) is 33.8 Å².